The topological polar surface area (TPSA) is 102 Å². The minimum Gasteiger partial charge on any atom is -0.493 e. The molecule has 0 radical (unpaired) electrons. The fraction of sp³-hybridized carbons (Fsp3) is 0.148. The molecule has 35 heavy (non-hydrogen) atoms. The van der Waals surface area contributed by atoms with Crippen LogP contribution < -0.4 is 10.1 Å². The van der Waals surface area contributed by atoms with E-state index in [1.54, 1.807) is 66.7 Å². The zero-order valence-corrected chi connectivity index (χ0v) is 20.3. The number of aromatic nitrogens is 1. The lowest BCUT2D eigenvalue weighted by atomic mass is 10.00. The van der Waals surface area contributed by atoms with Gasteiger partial charge in [0.1, 0.15) is 22.2 Å². The molecule has 0 fully saturated rings. The van der Waals surface area contributed by atoms with Crippen LogP contribution in [0.2, 0.25) is 0 Å². The first kappa shape index (κ1) is 24.2. The van der Waals surface area contributed by atoms with Gasteiger partial charge < -0.3 is 19.7 Å². The average Bonchev–Trinajstić information content (AvgIpc) is 3.30. The Morgan fingerprint density at radius 2 is 1.71 bits per heavy atom. The number of ketones is 1. The molecule has 0 bridgehead atoms. The highest BCUT2D eigenvalue weighted by Gasteiger charge is 2.21. The second kappa shape index (κ2) is 11.5. The second-order valence-electron chi connectivity index (χ2n) is 7.84. The van der Waals surface area contributed by atoms with Gasteiger partial charge in [-0.05, 0) is 45.8 Å². The number of halogens is 1. The largest absolute Gasteiger partial charge is 0.493 e. The number of carboxylic acids is 1. The average molecular weight is 535 g/mol. The van der Waals surface area contributed by atoms with Crippen LogP contribution in [-0.2, 0) is 17.6 Å². The molecule has 4 aromatic rings. The van der Waals surface area contributed by atoms with Crippen molar-refractivity contribution in [1.82, 2.24) is 5.16 Å². The number of carbonyl (C=O) groups excluding carboxylic acids is 1. The highest BCUT2D eigenvalue weighted by molar-refractivity contribution is 9.10. The van der Waals surface area contributed by atoms with E-state index >= 15 is 0 Å². The zero-order chi connectivity index (χ0) is 24.6. The van der Waals surface area contributed by atoms with Gasteiger partial charge in [-0.25, -0.2) is 4.79 Å². The molecule has 0 aliphatic heterocycles. The molecular formula is C27H23BrN2O5. The van der Waals surface area contributed by atoms with Gasteiger partial charge in [0, 0.05) is 35.7 Å². The van der Waals surface area contributed by atoms with Gasteiger partial charge in [0.15, 0.2) is 5.78 Å². The summed E-state index contributed by atoms with van der Waals surface area (Å²) in [5.74, 6) is 0.211. The Morgan fingerprint density at radius 1 is 1.00 bits per heavy atom. The summed E-state index contributed by atoms with van der Waals surface area (Å²) in [6, 6.07) is 24.0. The zero-order valence-electron chi connectivity index (χ0n) is 18.7. The Kier molecular flexibility index (Phi) is 7.95. The van der Waals surface area contributed by atoms with Gasteiger partial charge in [-0.15, -0.1) is 0 Å². The van der Waals surface area contributed by atoms with Gasteiger partial charge in [-0.2, -0.15) is 0 Å². The van der Waals surface area contributed by atoms with Crippen LogP contribution in [0.1, 0.15) is 27.2 Å². The molecule has 0 aliphatic carbocycles. The van der Waals surface area contributed by atoms with E-state index in [0.717, 1.165) is 11.3 Å². The van der Waals surface area contributed by atoms with E-state index in [2.05, 4.69) is 26.4 Å². The van der Waals surface area contributed by atoms with Crippen LogP contribution in [0.25, 0.3) is 0 Å². The quantitative estimate of drug-likeness (QED) is 0.248. The summed E-state index contributed by atoms with van der Waals surface area (Å²) >= 11 is 3.24. The lowest BCUT2D eigenvalue weighted by Crippen LogP contribution is -2.32. The Bertz CT molecular complexity index is 1290. The molecule has 8 heteroatoms. The Morgan fingerprint density at radius 3 is 2.40 bits per heavy atom. The number of rotatable bonds is 11. The minimum atomic E-state index is -1.01. The van der Waals surface area contributed by atoms with E-state index < -0.39 is 12.0 Å². The van der Waals surface area contributed by atoms with Crippen molar-refractivity contribution in [2.45, 2.75) is 18.9 Å². The maximum Gasteiger partial charge on any atom is 0.326 e. The van der Waals surface area contributed by atoms with Gasteiger partial charge in [0.05, 0.1) is 6.61 Å². The molecule has 0 saturated heterocycles. The molecule has 3 aromatic carbocycles. The summed E-state index contributed by atoms with van der Waals surface area (Å²) in [5.41, 5.74) is 2.27. The number of nitrogens with one attached hydrogen (secondary N) is 1. The third-order valence-corrected chi connectivity index (χ3v) is 5.72. The highest BCUT2D eigenvalue weighted by atomic mass is 79.9. The number of aliphatic carboxylic acids is 1. The third kappa shape index (κ3) is 6.58. The summed E-state index contributed by atoms with van der Waals surface area (Å²) in [7, 11) is 0. The predicted molar refractivity (Wildman–Crippen MR) is 135 cm³/mol. The number of hydrogen-bond acceptors (Lipinski definition) is 6. The van der Waals surface area contributed by atoms with Crippen LogP contribution in [-0.4, -0.2) is 34.7 Å². The molecule has 2 N–H and O–H groups in total. The van der Waals surface area contributed by atoms with Crippen LogP contribution in [0.3, 0.4) is 0 Å². The number of ether oxygens (including phenoxy) is 1. The second-order valence-corrected chi connectivity index (χ2v) is 8.65. The van der Waals surface area contributed by atoms with Crippen molar-refractivity contribution in [1.29, 1.82) is 0 Å². The molecule has 1 aromatic heterocycles. The maximum absolute atomic E-state index is 13.0. The number of benzene rings is 3. The molecule has 1 heterocycles. The lowest BCUT2D eigenvalue weighted by Gasteiger charge is -2.18. The first-order chi connectivity index (χ1) is 17.0. The summed E-state index contributed by atoms with van der Waals surface area (Å²) in [6.45, 7) is 0.423. The van der Waals surface area contributed by atoms with E-state index in [9.17, 15) is 14.7 Å². The number of para-hydroxylation sites is 1. The van der Waals surface area contributed by atoms with Crippen molar-refractivity contribution in [2.24, 2.45) is 0 Å². The van der Waals surface area contributed by atoms with Crippen molar-refractivity contribution >= 4 is 33.4 Å². The van der Waals surface area contributed by atoms with Crippen LogP contribution in [0.4, 0.5) is 5.69 Å². The molecule has 0 spiro atoms. The molecule has 178 valence electrons. The molecule has 0 saturated carbocycles. The highest BCUT2D eigenvalue weighted by Crippen LogP contribution is 2.22. The molecular weight excluding hydrogens is 512 g/mol. The van der Waals surface area contributed by atoms with Gasteiger partial charge >= 0.3 is 5.97 Å². The van der Waals surface area contributed by atoms with Crippen LogP contribution in [0.15, 0.2) is 94.1 Å². The number of anilines is 1. The minimum absolute atomic E-state index is 0.169. The van der Waals surface area contributed by atoms with E-state index in [1.807, 2.05) is 18.2 Å². The molecule has 0 amide bonds. The smallest absolute Gasteiger partial charge is 0.326 e. The standard InChI is InChI=1S/C27H23BrN2O5/c28-25-17-21(35-30-25)14-15-34-20-12-10-18(11-13-20)16-24(27(32)33)29-23-9-5-4-8-22(23)26(31)19-6-2-1-3-7-19/h1-13,17,24,29H,14-16H2,(H,32,33). The molecule has 0 aliphatic rings. The Labute approximate surface area is 210 Å². The van der Waals surface area contributed by atoms with Crippen LogP contribution in [0, 0.1) is 0 Å². The van der Waals surface area contributed by atoms with Crippen molar-refractivity contribution in [3.63, 3.8) is 0 Å². The number of carboxylic acid groups (broad SMARTS) is 1. The van der Waals surface area contributed by atoms with Crippen molar-refractivity contribution in [3.8, 4) is 5.75 Å². The van der Waals surface area contributed by atoms with Gasteiger partial charge in [0.2, 0.25) is 0 Å². The summed E-state index contributed by atoms with van der Waals surface area (Å²) in [4.78, 5) is 25.0. The van der Waals surface area contributed by atoms with Gasteiger partial charge in [-0.1, -0.05) is 59.8 Å². The predicted octanol–water partition coefficient (Wildman–Crippen LogP) is 5.40. The SMILES string of the molecule is O=C(c1ccccc1)c1ccccc1NC(Cc1ccc(OCCc2cc(Br)no2)cc1)C(=O)O. The summed E-state index contributed by atoms with van der Waals surface area (Å²) in [5, 5.41) is 16.6. The molecule has 1 atom stereocenters. The Hall–Kier alpha value is -3.91. The summed E-state index contributed by atoms with van der Waals surface area (Å²) in [6.07, 6.45) is 0.808. The fourth-order valence-electron chi connectivity index (χ4n) is 3.57. The third-order valence-electron chi connectivity index (χ3n) is 5.35. The van der Waals surface area contributed by atoms with E-state index in [1.165, 1.54) is 0 Å². The number of hydrogen-bond donors (Lipinski definition) is 2. The fourth-order valence-corrected chi connectivity index (χ4v) is 3.90. The first-order valence-electron chi connectivity index (χ1n) is 11.0. The van der Waals surface area contributed by atoms with Crippen molar-refractivity contribution in [3.05, 3.63) is 112 Å². The van der Waals surface area contributed by atoms with Crippen LogP contribution in [0.5, 0.6) is 5.75 Å². The van der Waals surface area contributed by atoms with Crippen LogP contribution >= 0.6 is 15.9 Å². The monoisotopic (exact) mass is 534 g/mol. The van der Waals surface area contributed by atoms with E-state index in [-0.39, 0.29) is 12.2 Å². The van der Waals surface area contributed by atoms with Gasteiger partial charge in [0.25, 0.3) is 0 Å². The molecule has 4 rings (SSSR count). The Balaban J connectivity index is 1.40. The number of nitrogens with zero attached hydrogens (tertiary/aromatic N) is 1. The molecule has 7 nitrogen and oxygen atoms in total. The summed E-state index contributed by atoms with van der Waals surface area (Å²) < 4.78 is 11.5. The number of carbonyl (C=O) groups is 2. The van der Waals surface area contributed by atoms with E-state index in [0.29, 0.717) is 40.2 Å². The van der Waals surface area contributed by atoms with Crippen molar-refractivity contribution < 1.29 is 24.0 Å². The van der Waals surface area contributed by atoms with E-state index in [4.69, 9.17) is 9.26 Å². The van der Waals surface area contributed by atoms with Crippen molar-refractivity contribution in [2.75, 3.05) is 11.9 Å². The lowest BCUT2D eigenvalue weighted by molar-refractivity contribution is -0.137. The molecule has 1 unspecified atom stereocenters. The normalized spacial score (nSPS) is 11.6. The van der Waals surface area contributed by atoms with Gasteiger partial charge in [-0.3, -0.25) is 4.79 Å². The maximum atomic E-state index is 13.0. The first-order valence-corrected chi connectivity index (χ1v) is 11.8.